The summed E-state index contributed by atoms with van der Waals surface area (Å²) < 4.78 is 5.65. The highest BCUT2D eigenvalue weighted by atomic mass is 32.1. The van der Waals surface area contributed by atoms with Crippen LogP contribution in [0, 0.1) is 0 Å². The van der Waals surface area contributed by atoms with Crippen LogP contribution in [0.2, 0.25) is 0 Å². The number of ether oxygens (including phenoxy) is 1. The third kappa shape index (κ3) is 3.84. The van der Waals surface area contributed by atoms with Crippen molar-refractivity contribution in [3.05, 3.63) is 52.2 Å². The van der Waals surface area contributed by atoms with Crippen molar-refractivity contribution >= 4 is 28.5 Å². The normalized spacial score (nSPS) is 10.1. The number of nitrogens with two attached hydrogens (primary N) is 1. The van der Waals surface area contributed by atoms with Crippen LogP contribution in [0.5, 0.6) is 5.75 Å². The number of hydrogen-bond donors (Lipinski definition) is 1. The molecule has 4 heteroatoms. The molecule has 0 fully saturated rings. The lowest BCUT2D eigenvalue weighted by molar-refractivity contribution is 0.306. The molecule has 0 radical (unpaired) electrons. The van der Waals surface area contributed by atoms with Gasteiger partial charge in [0, 0.05) is 6.42 Å². The predicted molar refractivity (Wildman–Crippen MR) is 75.6 cm³/mol. The van der Waals surface area contributed by atoms with E-state index in [1.54, 1.807) is 11.3 Å². The number of hydrogen-bond acceptors (Lipinski definition) is 3. The van der Waals surface area contributed by atoms with Gasteiger partial charge >= 0.3 is 0 Å². The molecule has 1 heterocycles. The number of benzene rings is 1. The second-order valence-electron chi connectivity index (χ2n) is 3.71. The first-order valence-corrected chi connectivity index (χ1v) is 6.60. The van der Waals surface area contributed by atoms with E-state index in [9.17, 15) is 0 Å². The monoisotopic (exact) mass is 263 g/mol. The first-order chi connectivity index (χ1) is 8.24. The van der Waals surface area contributed by atoms with E-state index in [4.69, 9.17) is 22.7 Å². The van der Waals surface area contributed by atoms with E-state index in [-0.39, 0.29) is 0 Å². The summed E-state index contributed by atoms with van der Waals surface area (Å²) in [7, 11) is 0. The largest absolute Gasteiger partial charge is 0.489 e. The molecule has 0 atom stereocenters. The summed E-state index contributed by atoms with van der Waals surface area (Å²) in [6.07, 6.45) is 0.639. The topological polar surface area (TPSA) is 35.2 Å². The van der Waals surface area contributed by atoms with Crippen molar-refractivity contribution in [2.45, 2.75) is 13.0 Å². The van der Waals surface area contributed by atoms with Gasteiger partial charge in [-0.15, -0.1) is 0 Å². The molecule has 0 unspecified atom stereocenters. The van der Waals surface area contributed by atoms with Crippen LogP contribution >= 0.6 is 23.6 Å². The van der Waals surface area contributed by atoms with Gasteiger partial charge in [-0.05, 0) is 40.1 Å². The molecular formula is C13H13NOS2. The summed E-state index contributed by atoms with van der Waals surface area (Å²) >= 11 is 6.54. The highest BCUT2D eigenvalue weighted by Gasteiger charge is 1.98. The Bertz CT molecular complexity index is 477. The Balaban J connectivity index is 1.91. The fourth-order valence-corrected chi connectivity index (χ4v) is 2.27. The van der Waals surface area contributed by atoms with Gasteiger partial charge in [-0.3, -0.25) is 0 Å². The molecule has 0 saturated heterocycles. The molecule has 2 aromatic rings. The van der Waals surface area contributed by atoms with Crippen LogP contribution in [-0.4, -0.2) is 4.99 Å². The lowest BCUT2D eigenvalue weighted by Gasteiger charge is -2.06. The molecule has 0 aliphatic rings. The smallest absolute Gasteiger partial charge is 0.119 e. The first-order valence-electron chi connectivity index (χ1n) is 5.25. The molecule has 0 aliphatic carbocycles. The molecule has 0 saturated carbocycles. The minimum Gasteiger partial charge on any atom is -0.489 e. The summed E-state index contributed by atoms with van der Waals surface area (Å²) in [5, 5.41) is 4.13. The van der Waals surface area contributed by atoms with E-state index in [0.29, 0.717) is 18.0 Å². The van der Waals surface area contributed by atoms with Gasteiger partial charge in [0.1, 0.15) is 12.4 Å². The molecular weight excluding hydrogens is 250 g/mol. The second kappa shape index (κ2) is 5.80. The van der Waals surface area contributed by atoms with E-state index in [2.05, 4.69) is 11.4 Å². The quantitative estimate of drug-likeness (QED) is 0.842. The zero-order valence-corrected chi connectivity index (χ0v) is 10.9. The highest BCUT2D eigenvalue weighted by molar-refractivity contribution is 7.80. The van der Waals surface area contributed by atoms with Gasteiger partial charge < -0.3 is 10.5 Å². The van der Waals surface area contributed by atoms with E-state index in [0.717, 1.165) is 11.3 Å². The minimum absolute atomic E-state index is 0.511. The average molecular weight is 263 g/mol. The standard InChI is InChI=1S/C13H13NOS2/c14-13(16)7-10-1-3-12(4-2-10)15-8-11-5-6-17-9-11/h1-6,9H,7-8H2,(H2,14,16). The first kappa shape index (κ1) is 12.1. The maximum absolute atomic E-state index is 5.65. The van der Waals surface area contributed by atoms with E-state index >= 15 is 0 Å². The zero-order chi connectivity index (χ0) is 12.1. The molecule has 2 N–H and O–H groups in total. The summed E-state index contributed by atoms with van der Waals surface area (Å²) in [4.78, 5) is 0.511. The lowest BCUT2D eigenvalue weighted by Crippen LogP contribution is -2.10. The lowest BCUT2D eigenvalue weighted by atomic mass is 10.1. The fraction of sp³-hybridized carbons (Fsp3) is 0.154. The number of thiophene rings is 1. The van der Waals surface area contributed by atoms with Gasteiger partial charge in [-0.25, -0.2) is 0 Å². The Morgan fingerprint density at radius 3 is 2.53 bits per heavy atom. The van der Waals surface area contributed by atoms with Crippen molar-refractivity contribution in [1.82, 2.24) is 0 Å². The summed E-state index contributed by atoms with van der Waals surface area (Å²) in [6.45, 7) is 0.609. The van der Waals surface area contributed by atoms with Crippen molar-refractivity contribution < 1.29 is 4.74 Å². The van der Waals surface area contributed by atoms with Crippen LogP contribution in [0.4, 0.5) is 0 Å². The molecule has 1 aromatic heterocycles. The molecule has 0 spiro atoms. The van der Waals surface area contributed by atoms with Crippen molar-refractivity contribution in [3.63, 3.8) is 0 Å². The average Bonchev–Trinajstić information content (AvgIpc) is 2.80. The Hall–Kier alpha value is -1.39. The van der Waals surface area contributed by atoms with Crippen LogP contribution in [0.1, 0.15) is 11.1 Å². The molecule has 1 aromatic carbocycles. The molecule has 2 nitrogen and oxygen atoms in total. The SMILES string of the molecule is NC(=S)Cc1ccc(OCc2ccsc2)cc1. The molecule has 88 valence electrons. The highest BCUT2D eigenvalue weighted by Crippen LogP contribution is 2.15. The van der Waals surface area contributed by atoms with Crippen LogP contribution in [0.15, 0.2) is 41.1 Å². The van der Waals surface area contributed by atoms with Crippen molar-refractivity contribution in [1.29, 1.82) is 0 Å². The molecule has 2 rings (SSSR count). The summed E-state index contributed by atoms with van der Waals surface area (Å²) in [5.74, 6) is 0.864. The third-order valence-corrected chi connectivity index (χ3v) is 3.16. The van der Waals surface area contributed by atoms with Crippen molar-refractivity contribution in [3.8, 4) is 5.75 Å². The van der Waals surface area contributed by atoms with Gasteiger partial charge in [0.2, 0.25) is 0 Å². The number of rotatable bonds is 5. The Morgan fingerprint density at radius 2 is 1.94 bits per heavy atom. The van der Waals surface area contributed by atoms with E-state index in [1.807, 2.05) is 29.6 Å². The molecule has 0 amide bonds. The van der Waals surface area contributed by atoms with Gasteiger partial charge in [0.25, 0.3) is 0 Å². The number of thiocarbonyl (C=S) groups is 1. The zero-order valence-electron chi connectivity index (χ0n) is 9.26. The van der Waals surface area contributed by atoms with Gasteiger partial charge in [0.05, 0.1) is 4.99 Å². The van der Waals surface area contributed by atoms with E-state index in [1.165, 1.54) is 5.56 Å². The Labute approximate surface area is 110 Å². The maximum atomic E-state index is 5.65. The maximum Gasteiger partial charge on any atom is 0.119 e. The minimum atomic E-state index is 0.511. The van der Waals surface area contributed by atoms with Gasteiger partial charge in [-0.2, -0.15) is 11.3 Å². The third-order valence-electron chi connectivity index (χ3n) is 2.29. The Morgan fingerprint density at radius 1 is 1.18 bits per heavy atom. The molecule has 0 aliphatic heterocycles. The Kier molecular flexibility index (Phi) is 4.12. The molecule has 17 heavy (non-hydrogen) atoms. The summed E-state index contributed by atoms with van der Waals surface area (Å²) in [6, 6.07) is 9.93. The van der Waals surface area contributed by atoms with E-state index < -0.39 is 0 Å². The predicted octanol–water partition coefficient (Wildman–Crippen LogP) is 3.16. The summed E-state index contributed by atoms with van der Waals surface area (Å²) in [5.41, 5.74) is 7.79. The van der Waals surface area contributed by atoms with Gasteiger partial charge in [0.15, 0.2) is 0 Å². The van der Waals surface area contributed by atoms with Crippen LogP contribution < -0.4 is 10.5 Å². The molecule has 0 bridgehead atoms. The van der Waals surface area contributed by atoms with Crippen molar-refractivity contribution in [2.75, 3.05) is 0 Å². The van der Waals surface area contributed by atoms with Crippen molar-refractivity contribution in [2.24, 2.45) is 5.73 Å². The fourth-order valence-electron chi connectivity index (χ4n) is 1.45. The van der Waals surface area contributed by atoms with Gasteiger partial charge in [-0.1, -0.05) is 24.4 Å². The second-order valence-corrected chi connectivity index (χ2v) is 5.01. The van der Waals surface area contributed by atoms with Crippen LogP contribution in [0.25, 0.3) is 0 Å². The van der Waals surface area contributed by atoms with Crippen LogP contribution in [0.3, 0.4) is 0 Å². The van der Waals surface area contributed by atoms with Crippen LogP contribution in [-0.2, 0) is 13.0 Å².